The third-order valence-electron chi connectivity index (χ3n) is 4.02. The molecule has 2 amide bonds. The average molecular weight is 325 g/mol. The number of carbonyl (C=O) groups excluding carboxylic acids is 2. The lowest BCUT2D eigenvalue weighted by atomic mass is 9.85. The van der Waals surface area contributed by atoms with Gasteiger partial charge < -0.3 is 15.7 Å². The van der Waals surface area contributed by atoms with E-state index in [2.05, 4.69) is 10.6 Å². The van der Waals surface area contributed by atoms with Crippen LogP contribution in [0.2, 0.25) is 5.02 Å². The van der Waals surface area contributed by atoms with Crippen molar-refractivity contribution in [2.45, 2.75) is 44.6 Å². The van der Waals surface area contributed by atoms with Crippen LogP contribution in [0.25, 0.3) is 0 Å². The fraction of sp³-hybridized carbons (Fsp3) is 0.500. The quantitative estimate of drug-likeness (QED) is 0.747. The monoisotopic (exact) mass is 324 g/mol. The first-order chi connectivity index (χ1) is 10.4. The van der Waals surface area contributed by atoms with Crippen molar-refractivity contribution >= 4 is 29.1 Å². The Hall–Kier alpha value is -1.59. The van der Waals surface area contributed by atoms with Crippen LogP contribution in [0, 0.1) is 6.92 Å². The lowest BCUT2D eigenvalue weighted by molar-refractivity contribution is -0.137. The summed E-state index contributed by atoms with van der Waals surface area (Å²) in [5.74, 6) is -1.51. The number of anilines is 1. The molecular formula is C16H21ClN2O3. The Balaban J connectivity index is 1.89. The van der Waals surface area contributed by atoms with E-state index in [1.165, 1.54) is 0 Å². The molecule has 1 fully saturated rings. The van der Waals surface area contributed by atoms with Crippen LogP contribution in [0.1, 0.15) is 37.7 Å². The first-order valence-corrected chi connectivity index (χ1v) is 7.85. The van der Waals surface area contributed by atoms with E-state index >= 15 is 0 Å². The van der Waals surface area contributed by atoms with E-state index < -0.39 is 17.4 Å². The summed E-state index contributed by atoms with van der Waals surface area (Å²) in [4.78, 5) is 23.8. The largest absolute Gasteiger partial charge is 0.388 e. The molecule has 0 aromatic heterocycles. The number of halogens is 1. The number of amides is 2. The van der Waals surface area contributed by atoms with Gasteiger partial charge in [-0.2, -0.15) is 0 Å². The maximum atomic E-state index is 11.9. The molecule has 22 heavy (non-hydrogen) atoms. The summed E-state index contributed by atoms with van der Waals surface area (Å²) in [6.45, 7) is 1.92. The van der Waals surface area contributed by atoms with Crippen molar-refractivity contribution in [1.29, 1.82) is 0 Å². The first-order valence-electron chi connectivity index (χ1n) is 7.47. The second kappa shape index (κ2) is 7.11. The molecule has 1 aliphatic rings. The number of aliphatic hydroxyl groups is 1. The molecule has 0 spiro atoms. The predicted molar refractivity (Wildman–Crippen MR) is 85.9 cm³/mol. The smallest absolute Gasteiger partial charge is 0.313 e. The average Bonchev–Trinajstić information content (AvgIpc) is 2.49. The standard InChI is InChI=1S/C16H21ClN2O3/c1-11-5-6-12(17)9-13(11)19-15(21)14(20)18-10-16(22)7-3-2-4-8-16/h5-6,9,22H,2-4,7-8,10H2,1H3,(H,18,20)(H,19,21). The molecule has 0 saturated heterocycles. The fourth-order valence-corrected chi connectivity index (χ4v) is 2.79. The minimum atomic E-state index is -0.889. The lowest BCUT2D eigenvalue weighted by Gasteiger charge is -2.31. The van der Waals surface area contributed by atoms with Crippen LogP contribution < -0.4 is 10.6 Å². The maximum Gasteiger partial charge on any atom is 0.313 e. The molecule has 0 unspecified atom stereocenters. The maximum absolute atomic E-state index is 11.9. The third-order valence-corrected chi connectivity index (χ3v) is 4.25. The Morgan fingerprint density at radius 1 is 1.23 bits per heavy atom. The molecule has 0 bridgehead atoms. The van der Waals surface area contributed by atoms with Crippen LogP contribution in [0.5, 0.6) is 0 Å². The van der Waals surface area contributed by atoms with Gasteiger partial charge in [-0.3, -0.25) is 9.59 Å². The zero-order valence-corrected chi connectivity index (χ0v) is 13.4. The van der Waals surface area contributed by atoms with Gasteiger partial charge in [0.2, 0.25) is 0 Å². The Bertz CT molecular complexity index is 569. The molecule has 6 heteroatoms. The lowest BCUT2D eigenvalue weighted by Crippen LogP contribution is -2.47. The Labute approximate surface area is 135 Å². The minimum Gasteiger partial charge on any atom is -0.388 e. The highest BCUT2D eigenvalue weighted by Gasteiger charge is 2.30. The van der Waals surface area contributed by atoms with Gasteiger partial charge in [0.15, 0.2) is 0 Å². The number of hydrogen-bond acceptors (Lipinski definition) is 3. The zero-order valence-electron chi connectivity index (χ0n) is 12.6. The van der Waals surface area contributed by atoms with Gasteiger partial charge in [-0.05, 0) is 37.5 Å². The molecule has 0 atom stereocenters. The van der Waals surface area contributed by atoms with Gasteiger partial charge in [0, 0.05) is 17.3 Å². The van der Waals surface area contributed by atoms with Crippen LogP contribution in [-0.2, 0) is 9.59 Å². The van der Waals surface area contributed by atoms with Crippen LogP contribution in [0.15, 0.2) is 18.2 Å². The predicted octanol–water partition coefficient (Wildman–Crippen LogP) is 2.40. The molecule has 0 radical (unpaired) electrons. The van der Waals surface area contributed by atoms with Crippen molar-refractivity contribution in [1.82, 2.24) is 5.32 Å². The van der Waals surface area contributed by atoms with Crippen molar-refractivity contribution in [2.75, 3.05) is 11.9 Å². The van der Waals surface area contributed by atoms with Gasteiger partial charge in [0.25, 0.3) is 0 Å². The summed E-state index contributed by atoms with van der Waals surface area (Å²) in [5.41, 5.74) is 0.431. The number of carbonyl (C=O) groups is 2. The molecule has 5 nitrogen and oxygen atoms in total. The van der Waals surface area contributed by atoms with E-state index in [9.17, 15) is 14.7 Å². The summed E-state index contributed by atoms with van der Waals surface area (Å²) in [6.07, 6.45) is 4.30. The number of nitrogens with one attached hydrogen (secondary N) is 2. The van der Waals surface area contributed by atoms with Gasteiger partial charge in [-0.1, -0.05) is 36.9 Å². The highest BCUT2D eigenvalue weighted by Crippen LogP contribution is 2.27. The highest BCUT2D eigenvalue weighted by atomic mass is 35.5. The number of aryl methyl sites for hydroxylation is 1. The fourth-order valence-electron chi connectivity index (χ4n) is 2.62. The van der Waals surface area contributed by atoms with Crippen LogP contribution in [0.4, 0.5) is 5.69 Å². The molecule has 1 saturated carbocycles. The third kappa shape index (κ3) is 4.45. The molecule has 3 N–H and O–H groups in total. The van der Waals surface area contributed by atoms with Crippen molar-refractivity contribution < 1.29 is 14.7 Å². The van der Waals surface area contributed by atoms with Gasteiger partial charge in [0.05, 0.1) is 5.60 Å². The highest BCUT2D eigenvalue weighted by molar-refractivity contribution is 6.40. The van der Waals surface area contributed by atoms with Gasteiger partial charge in [-0.15, -0.1) is 0 Å². The SMILES string of the molecule is Cc1ccc(Cl)cc1NC(=O)C(=O)NCC1(O)CCCCC1. The van der Waals surface area contributed by atoms with Gasteiger partial charge in [0.1, 0.15) is 0 Å². The van der Waals surface area contributed by atoms with Crippen molar-refractivity contribution in [3.8, 4) is 0 Å². The van der Waals surface area contributed by atoms with E-state index in [0.29, 0.717) is 23.6 Å². The van der Waals surface area contributed by atoms with E-state index in [-0.39, 0.29) is 6.54 Å². The first kappa shape index (κ1) is 16.8. The molecule has 1 aromatic carbocycles. The van der Waals surface area contributed by atoms with Crippen LogP contribution in [0.3, 0.4) is 0 Å². The van der Waals surface area contributed by atoms with Crippen molar-refractivity contribution in [3.05, 3.63) is 28.8 Å². The van der Waals surface area contributed by atoms with Gasteiger partial charge >= 0.3 is 11.8 Å². The Kier molecular flexibility index (Phi) is 5.42. The van der Waals surface area contributed by atoms with Crippen LogP contribution >= 0.6 is 11.6 Å². The van der Waals surface area contributed by atoms with Gasteiger partial charge in [-0.25, -0.2) is 0 Å². The summed E-state index contributed by atoms with van der Waals surface area (Å²) in [5, 5.41) is 15.8. The molecule has 0 aliphatic heterocycles. The molecule has 1 aliphatic carbocycles. The van der Waals surface area contributed by atoms with E-state index in [1.54, 1.807) is 18.2 Å². The Morgan fingerprint density at radius 2 is 1.91 bits per heavy atom. The van der Waals surface area contributed by atoms with E-state index in [4.69, 9.17) is 11.6 Å². The summed E-state index contributed by atoms with van der Waals surface area (Å²) in [6, 6.07) is 5.07. The molecule has 0 heterocycles. The van der Waals surface area contributed by atoms with Crippen LogP contribution in [-0.4, -0.2) is 29.1 Å². The van der Waals surface area contributed by atoms with Crippen molar-refractivity contribution in [3.63, 3.8) is 0 Å². The summed E-state index contributed by atoms with van der Waals surface area (Å²) in [7, 11) is 0. The molecule has 120 valence electrons. The zero-order chi connectivity index (χ0) is 16.2. The number of hydrogen-bond donors (Lipinski definition) is 3. The number of rotatable bonds is 3. The summed E-state index contributed by atoms with van der Waals surface area (Å²) < 4.78 is 0. The van der Waals surface area contributed by atoms with Crippen molar-refractivity contribution in [2.24, 2.45) is 0 Å². The number of benzene rings is 1. The molecular weight excluding hydrogens is 304 g/mol. The molecule has 2 rings (SSSR count). The minimum absolute atomic E-state index is 0.105. The second-order valence-electron chi connectivity index (χ2n) is 5.88. The van der Waals surface area contributed by atoms with E-state index in [0.717, 1.165) is 24.8 Å². The topological polar surface area (TPSA) is 78.4 Å². The second-order valence-corrected chi connectivity index (χ2v) is 6.32. The normalized spacial score (nSPS) is 16.9. The Morgan fingerprint density at radius 3 is 2.59 bits per heavy atom. The molecule has 1 aromatic rings. The van der Waals surface area contributed by atoms with E-state index in [1.807, 2.05) is 6.92 Å². The summed E-state index contributed by atoms with van der Waals surface area (Å²) >= 11 is 5.88.